The molecule has 0 fully saturated rings. The van der Waals surface area contributed by atoms with Crippen LogP contribution in [-0.2, 0) is 27.1 Å². The van der Waals surface area contributed by atoms with Crippen LogP contribution in [0.3, 0.4) is 0 Å². The van der Waals surface area contributed by atoms with Gasteiger partial charge in [-0.1, -0.05) is 53.9 Å². The molecule has 0 amide bonds. The minimum atomic E-state index is 0. The van der Waals surface area contributed by atoms with Gasteiger partial charge in [-0.3, -0.25) is 6.08 Å². The molecule has 1 aliphatic rings. The summed E-state index contributed by atoms with van der Waals surface area (Å²) < 4.78 is 0. The molecule has 1 aliphatic carbocycles. The van der Waals surface area contributed by atoms with Crippen molar-refractivity contribution in [2.24, 2.45) is 5.41 Å². The summed E-state index contributed by atoms with van der Waals surface area (Å²) in [7, 11) is 0. The van der Waals surface area contributed by atoms with E-state index >= 15 is 0 Å². The van der Waals surface area contributed by atoms with E-state index in [4.69, 9.17) is 0 Å². The fourth-order valence-electron chi connectivity index (χ4n) is 2.27. The van der Waals surface area contributed by atoms with E-state index in [1.165, 1.54) is 22.3 Å². The fourth-order valence-corrected chi connectivity index (χ4v) is 2.27. The largest absolute Gasteiger partial charge is 2.00 e. The molecule has 1 heteroatoms. The van der Waals surface area contributed by atoms with Crippen LogP contribution in [0.15, 0.2) is 41.0 Å². The average molecular weight is 316 g/mol. The summed E-state index contributed by atoms with van der Waals surface area (Å²) in [5.74, 6) is 0. The first-order chi connectivity index (χ1) is 9.05. The van der Waals surface area contributed by atoms with Crippen molar-refractivity contribution in [1.82, 2.24) is 0 Å². The zero-order valence-electron chi connectivity index (χ0n) is 14.8. The van der Waals surface area contributed by atoms with Gasteiger partial charge in [-0.05, 0) is 5.41 Å². The third-order valence-corrected chi connectivity index (χ3v) is 4.08. The first kappa shape index (κ1) is 20.4. The predicted octanol–water partition coefficient (Wildman–Crippen LogP) is 5.89. The van der Waals surface area contributed by atoms with Gasteiger partial charge in [-0.25, -0.2) is 5.57 Å². The number of hydrogen-bond donors (Lipinski definition) is 0. The van der Waals surface area contributed by atoms with E-state index in [9.17, 15) is 0 Å². The third kappa shape index (κ3) is 5.60. The van der Waals surface area contributed by atoms with Gasteiger partial charge in [-0.2, -0.15) is 47.0 Å². The van der Waals surface area contributed by atoms with Crippen LogP contribution in [0, 0.1) is 17.6 Å². The minimum absolute atomic E-state index is 0. The predicted molar refractivity (Wildman–Crippen MR) is 88.6 cm³/mol. The quantitative estimate of drug-likeness (QED) is 0.413. The van der Waals surface area contributed by atoms with E-state index in [0.29, 0.717) is 0 Å². The van der Waals surface area contributed by atoms with Crippen LogP contribution in [-0.4, -0.2) is 0 Å². The van der Waals surface area contributed by atoms with Gasteiger partial charge < -0.3 is 0 Å². The summed E-state index contributed by atoms with van der Waals surface area (Å²) in [6.45, 7) is 17.5. The van der Waals surface area contributed by atoms with Crippen molar-refractivity contribution in [3.8, 4) is 0 Å². The van der Waals surface area contributed by atoms with Gasteiger partial charge in [0.15, 0.2) is 0 Å². The van der Waals surface area contributed by atoms with Crippen LogP contribution in [0.4, 0.5) is 0 Å². The second kappa shape index (κ2) is 7.61. The first-order valence-electron chi connectivity index (χ1n) is 7.33. The van der Waals surface area contributed by atoms with Crippen molar-refractivity contribution in [2.45, 2.75) is 60.8 Å². The fraction of sp³-hybridized carbons (Fsp3) is 0.500. The number of hydrogen-bond acceptors (Lipinski definition) is 0. The molecule has 0 saturated carbocycles. The molecular formula is C20H28Ti. The van der Waals surface area contributed by atoms with E-state index in [-0.39, 0.29) is 32.5 Å². The maximum atomic E-state index is 3.44. The van der Waals surface area contributed by atoms with Crippen molar-refractivity contribution in [1.29, 1.82) is 0 Å². The third-order valence-electron chi connectivity index (χ3n) is 4.08. The standard InChI is InChI=1S/C10H15.C10H13.Ti/c1-7-6-10(4,5)9(3)8(7)2;1-10(2,3)9-7-5-4-6-8-9;/h1-5H3;4-7H,1-3H3;/q2*-1;+2. The Hall–Kier alpha value is -0.586. The topological polar surface area (TPSA) is 0 Å². The molecule has 0 bridgehead atoms. The van der Waals surface area contributed by atoms with Crippen LogP contribution >= 0.6 is 0 Å². The van der Waals surface area contributed by atoms with Gasteiger partial charge >= 0.3 is 21.7 Å². The van der Waals surface area contributed by atoms with Crippen molar-refractivity contribution in [3.05, 3.63) is 58.7 Å². The summed E-state index contributed by atoms with van der Waals surface area (Å²) in [6, 6.07) is 11.3. The van der Waals surface area contributed by atoms with E-state index in [1.54, 1.807) is 0 Å². The van der Waals surface area contributed by atoms with Gasteiger partial charge in [0.1, 0.15) is 0 Å². The Bertz CT molecular complexity index is 511. The first-order valence-corrected chi connectivity index (χ1v) is 7.33. The Labute approximate surface area is 146 Å². The number of rotatable bonds is 0. The molecule has 112 valence electrons. The molecule has 0 atom stereocenters. The van der Waals surface area contributed by atoms with E-state index in [2.05, 4.69) is 79.7 Å². The molecule has 0 aliphatic heterocycles. The van der Waals surface area contributed by atoms with E-state index < -0.39 is 0 Å². The second-order valence-electron chi connectivity index (χ2n) is 7.15. The van der Waals surface area contributed by atoms with Crippen LogP contribution in [0.2, 0.25) is 0 Å². The maximum absolute atomic E-state index is 3.44. The van der Waals surface area contributed by atoms with Gasteiger partial charge in [-0.15, -0.1) is 6.92 Å². The van der Waals surface area contributed by atoms with Gasteiger partial charge in [0.25, 0.3) is 0 Å². The molecular weight excluding hydrogens is 288 g/mol. The van der Waals surface area contributed by atoms with Crippen LogP contribution < -0.4 is 0 Å². The van der Waals surface area contributed by atoms with Crippen LogP contribution in [0.5, 0.6) is 0 Å². The molecule has 0 unspecified atom stereocenters. The molecule has 21 heavy (non-hydrogen) atoms. The molecule has 0 heterocycles. The molecule has 2 rings (SSSR count). The van der Waals surface area contributed by atoms with Gasteiger partial charge in [0.2, 0.25) is 0 Å². The Balaban J connectivity index is 0.000000364. The Morgan fingerprint density at radius 3 is 1.76 bits per heavy atom. The molecule has 0 saturated heterocycles. The van der Waals surface area contributed by atoms with Crippen LogP contribution in [0.1, 0.15) is 61.0 Å². The maximum Gasteiger partial charge on any atom is 2.00 e. The number of benzene rings is 1. The summed E-state index contributed by atoms with van der Waals surface area (Å²) in [6.07, 6.45) is 3.44. The molecule has 0 aromatic heterocycles. The molecule has 0 nitrogen and oxygen atoms in total. The molecule has 0 N–H and O–H groups in total. The molecule has 1 aromatic rings. The van der Waals surface area contributed by atoms with Gasteiger partial charge in [0, 0.05) is 0 Å². The van der Waals surface area contributed by atoms with E-state index in [0.717, 1.165) is 0 Å². The SMILES string of the molecule is CC(C)(C)c1[c-]cccc1.CC1=[C-]C(C)(C)C(C)=C1C.[Ti+2]. The van der Waals surface area contributed by atoms with Crippen molar-refractivity contribution < 1.29 is 21.7 Å². The molecule has 0 spiro atoms. The summed E-state index contributed by atoms with van der Waals surface area (Å²) >= 11 is 0. The Morgan fingerprint density at radius 1 is 1.00 bits per heavy atom. The normalized spacial score (nSPS) is 16.7. The number of allylic oxidation sites excluding steroid dienone is 4. The molecule has 0 radical (unpaired) electrons. The van der Waals surface area contributed by atoms with Crippen molar-refractivity contribution in [3.63, 3.8) is 0 Å². The monoisotopic (exact) mass is 316 g/mol. The van der Waals surface area contributed by atoms with Gasteiger partial charge in [0.05, 0.1) is 0 Å². The Morgan fingerprint density at radius 2 is 1.57 bits per heavy atom. The summed E-state index contributed by atoms with van der Waals surface area (Å²) in [5.41, 5.74) is 5.91. The smallest absolute Gasteiger partial charge is 0.263 e. The molecule has 1 aromatic carbocycles. The van der Waals surface area contributed by atoms with E-state index in [1.807, 2.05) is 12.1 Å². The summed E-state index contributed by atoms with van der Waals surface area (Å²) in [4.78, 5) is 0. The average Bonchev–Trinajstić information content (AvgIpc) is 2.53. The zero-order chi connectivity index (χ0) is 15.6. The van der Waals surface area contributed by atoms with Crippen molar-refractivity contribution >= 4 is 0 Å². The summed E-state index contributed by atoms with van der Waals surface area (Å²) in [5, 5.41) is 0. The van der Waals surface area contributed by atoms with Crippen molar-refractivity contribution in [2.75, 3.05) is 0 Å². The van der Waals surface area contributed by atoms with Crippen LogP contribution in [0.25, 0.3) is 0 Å². The minimum Gasteiger partial charge on any atom is -0.263 e. The zero-order valence-corrected chi connectivity index (χ0v) is 16.4. The second-order valence-corrected chi connectivity index (χ2v) is 7.15. The Kier molecular flexibility index (Phi) is 7.40.